The van der Waals surface area contributed by atoms with Gasteiger partial charge in [-0.2, -0.15) is 0 Å². The van der Waals surface area contributed by atoms with Crippen molar-refractivity contribution in [1.82, 2.24) is 0 Å². The van der Waals surface area contributed by atoms with Gasteiger partial charge in [0.1, 0.15) is 0 Å². The summed E-state index contributed by atoms with van der Waals surface area (Å²) in [7, 11) is 0. The van der Waals surface area contributed by atoms with Crippen LogP contribution in [0.3, 0.4) is 0 Å². The molecule has 4 rings (SSSR count). The summed E-state index contributed by atoms with van der Waals surface area (Å²) >= 11 is 0. The van der Waals surface area contributed by atoms with E-state index in [0.717, 1.165) is 29.6 Å². The van der Waals surface area contributed by atoms with Gasteiger partial charge in [-0.15, -0.1) is 0 Å². The highest BCUT2D eigenvalue weighted by atomic mass is 14.6. The summed E-state index contributed by atoms with van der Waals surface area (Å²) in [5.74, 6) is 5.01. The van der Waals surface area contributed by atoms with Crippen LogP contribution in [0.2, 0.25) is 0 Å². The molecule has 164 valence electrons. The Bertz CT molecular complexity index is 502. The van der Waals surface area contributed by atoms with Crippen molar-refractivity contribution in [3.05, 3.63) is 11.6 Å². The Morgan fingerprint density at radius 1 is 0.929 bits per heavy atom. The SMILES string of the molecule is CC.CCC.CCCC1CCC2C3CC=C4C[C@@H](C)CC[C@]4(C)C3CC[C@]12C. The van der Waals surface area contributed by atoms with E-state index in [1.54, 1.807) is 0 Å². The van der Waals surface area contributed by atoms with Crippen LogP contribution >= 0.6 is 0 Å². The van der Waals surface area contributed by atoms with E-state index in [2.05, 4.69) is 47.6 Å². The molecule has 3 fully saturated rings. The smallest absolute Gasteiger partial charge is 0.00851 e. The van der Waals surface area contributed by atoms with E-state index in [1.165, 1.54) is 70.6 Å². The topological polar surface area (TPSA) is 0 Å². The predicted molar refractivity (Wildman–Crippen MR) is 127 cm³/mol. The summed E-state index contributed by atoms with van der Waals surface area (Å²) in [6, 6.07) is 0. The van der Waals surface area contributed by atoms with Gasteiger partial charge >= 0.3 is 0 Å². The van der Waals surface area contributed by atoms with Crippen LogP contribution in [-0.4, -0.2) is 0 Å². The molecule has 4 aliphatic carbocycles. The molecular weight excluding hydrogens is 336 g/mol. The van der Waals surface area contributed by atoms with Gasteiger partial charge in [0.2, 0.25) is 0 Å². The number of hydrogen-bond donors (Lipinski definition) is 0. The lowest BCUT2D eigenvalue weighted by Gasteiger charge is -2.58. The molecule has 0 aromatic carbocycles. The molecule has 0 heterocycles. The largest absolute Gasteiger partial charge is 0.0845 e. The van der Waals surface area contributed by atoms with E-state index in [0.29, 0.717) is 10.8 Å². The Labute approximate surface area is 178 Å². The third-order valence-corrected chi connectivity index (χ3v) is 9.18. The molecule has 4 aliphatic rings. The Morgan fingerprint density at radius 3 is 2.25 bits per heavy atom. The summed E-state index contributed by atoms with van der Waals surface area (Å²) in [6.45, 7) is 18.5. The highest BCUT2D eigenvalue weighted by Gasteiger charge is 2.57. The summed E-state index contributed by atoms with van der Waals surface area (Å²) in [4.78, 5) is 0. The zero-order valence-corrected chi connectivity index (χ0v) is 20.7. The maximum Gasteiger partial charge on any atom is -0.00851 e. The van der Waals surface area contributed by atoms with Gasteiger partial charge in [-0.05, 0) is 91.8 Å². The van der Waals surface area contributed by atoms with E-state index in [1.807, 2.05) is 19.4 Å². The second-order valence-electron chi connectivity index (χ2n) is 10.9. The first-order chi connectivity index (χ1) is 13.4. The van der Waals surface area contributed by atoms with Crippen molar-refractivity contribution in [2.45, 2.75) is 126 Å². The molecule has 4 unspecified atom stereocenters. The van der Waals surface area contributed by atoms with Crippen molar-refractivity contribution >= 4 is 0 Å². The monoisotopic (exact) mass is 388 g/mol. The van der Waals surface area contributed by atoms with Crippen molar-refractivity contribution in [2.75, 3.05) is 0 Å². The zero-order chi connectivity index (χ0) is 20.9. The summed E-state index contributed by atoms with van der Waals surface area (Å²) in [5, 5.41) is 0. The van der Waals surface area contributed by atoms with Crippen LogP contribution in [0.5, 0.6) is 0 Å². The molecule has 0 aromatic rings. The number of hydrogen-bond acceptors (Lipinski definition) is 0. The van der Waals surface area contributed by atoms with Gasteiger partial charge in [-0.1, -0.05) is 86.3 Å². The van der Waals surface area contributed by atoms with Crippen LogP contribution in [0, 0.1) is 40.4 Å². The molecule has 28 heavy (non-hydrogen) atoms. The average Bonchev–Trinajstić information content (AvgIpc) is 3.02. The summed E-state index contributed by atoms with van der Waals surface area (Å²) in [5.41, 5.74) is 3.12. The lowest BCUT2D eigenvalue weighted by Crippen LogP contribution is -2.49. The van der Waals surface area contributed by atoms with Crippen LogP contribution in [-0.2, 0) is 0 Å². The van der Waals surface area contributed by atoms with Crippen molar-refractivity contribution in [3.8, 4) is 0 Å². The van der Waals surface area contributed by atoms with Crippen LogP contribution < -0.4 is 0 Å². The second-order valence-corrected chi connectivity index (χ2v) is 10.9. The van der Waals surface area contributed by atoms with Gasteiger partial charge < -0.3 is 0 Å². The van der Waals surface area contributed by atoms with Crippen LogP contribution in [0.4, 0.5) is 0 Å². The quantitative estimate of drug-likeness (QED) is 0.413. The zero-order valence-electron chi connectivity index (χ0n) is 20.7. The summed E-state index contributed by atoms with van der Waals surface area (Å²) in [6.07, 6.45) is 18.8. The number of allylic oxidation sites excluding steroid dienone is 2. The maximum atomic E-state index is 2.73. The fraction of sp³-hybridized carbons (Fsp3) is 0.929. The summed E-state index contributed by atoms with van der Waals surface area (Å²) < 4.78 is 0. The average molecular weight is 389 g/mol. The highest BCUT2D eigenvalue weighted by Crippen LogP contribution is 2.66. The molecule has 7 atom stereocenters. The minimum absolute atomic E-state index is 0.569. The molecular formula is C28H52. The van der Waals surface area contributed by atoms with Crippen LogP contribution in [0.25, 0.3) is 0 Å². The predicted octanol–water partition coefficient (Wildman–Crippen LogP) is 9.44. The molecule has 0 saturated heterocycles. The molecule has 0 aliphatic heterocycles. The molecule has 0 spiro atoms. The standard InChI is InChI=1S/C23H38.C3H8.C2H6/c1-5-6-17-8-10-20-19-9-7-18-15-16(2)11-13-23(18,4)21(19)12-14-22(17,20)3;1-3-2;1-2/h7,16-17,19-21H,5-6,8-15H2,1-4H3;3H2,1-2H3;1-2H3/t16-,17?,19?,20?,21?,22+,23-;;/m0../s1. The van der Waals surface area contributed by atoms with E-state index in [-0.39, 0.29) is 0 Å². The minimum Gasteiger partial charge on any atom is -0.0845 e. The Balaban J connectivity index is 0.000000514. The van der Waals surface area contributed by atoms with E-state index in [4.69, 9.17) is 0 Å². The number of rotatable bonds is 2. The molecule has 0 N–H and O–H groups in total. The molecule has 0 amide bonds. The lowest BCUT2D eigenvalue weighted by molar-refractivity contribution is -0.0448. The van der Waals surface area contributed by atoms with E-state index in [9.17, 15) is 0 Å². The van der Waals surface area contributed by atoms with Crippen molar-refractivity contribution in [2.24, 2.45) is 40.4 Å². The van der Waals surface area contributed by atoms with Gasteiger partial charge in [0.25, 0.3) is 0 Å². The Kier molecular flexibility index (Phi) is 8.72. The normalized spacial score (nSPS) is 43.9. The van der Waals surface area contributed by atoms with Gasteiger partial charge in [0.05, 0.1) is 0 Å². The Hall–Kier alpha value is -0.260. The van der Waals surface area contributed by atoms with Gasteiger partial charge in [0.15, 0.2) is 0 Å². The molecule has 0 heteroatoms. The van der Waals surface area contributed by atoms with Crippen molar-refractivity contribution < 1.29 is 0 Å². The van der Waals surface area contributed by atoms with Crippen LogP contribution in [0.15, 0.2) is 11.6 Å². The van der Waals surface area contributed by atoms with Gasteiger partial charge in [-0.25, -0.2) is 0 Å². The fourth-order valence-electron chi connectivity index (χ4n) is 7.77. The molecule has 3 saturated carbocycles. The van der Waals surface area contributed by atoms with Crippen LogP contribution in [0.1, 0.15) is 126 Å². The van der Waals surface area contributed by atoms with E-state index >= 15 is 0 Å². The molecule has 0 nitrogen and oxygen atoms in total. The van der Waals surface area contributed by atoms with Crippen molar-refractivity contribution in [1.29, 1.82) is 0 Å². The first-order valence-corrected chi connectivity index (χ1v) is 13.1. The van der Waals surface area contributed by atoms with E-state index < -0.39 is 0 Å². The molecule has 0 radical (unpaired) electrons. The van der Waals surface area contributed by atoms with Gasteiger partial charge in [0, 0.05) is 0 Å². The van der Waals surface area contributed by atoms with Gasteiger partial charge in [-0.3, -0.25) is 0 Å². The Morgan fingerprint density at radius 2 is 1.61 bits per heavy atom. The van der Waals surface area contributed by atoms with Crippen molar-refractivity contribution in [3.63, 3.8) is 0 Å². The molecule has 0 aromatic heterocycles. The second kappa shape index (κ2) is 10.2. The highest BCUT2D eigenvalue weighted by molar-refractivity contribution is 5.24. The third-order valence-electron chi connectivity index (χ3n) is 9.18. The maximum absolute atomic E-state index is 2.73. The molecule has 0 bridgehead atoms. The third kappa shape index (κ3) is 4.27. The first-order valence-electron chi connectivity index (χ1n) is 13.1. The number of fused-ring (bicyclic) bond motifs is 5. The lowest BCUT2D eigenvalue weighted by atomic mass is 9.47. The minimum atomic E-state index is 0.569. The first kappa shape index (κ1) is 24.0. The fourth-order valence-corrected chi connectivity index (χ4v) is 7.77.